The van der Waals surface area contributed by atoms with E-state index in [-0.39, 0.29) is 51.2 Å². The fraction of sp³-hybridized carbons (Fsp3) is 0.590. The maximum absolute atomic E-state index is 13.8. The molecule has 310 valence electrons. The first-order chi connectivity index (χ1) is 26.7. The zero-order chi connectivity index (χ0) is 41.4. The predicted molar refractivity (Wildman–Crippen MR) is 203 cm³/mol. The van der Waals surface area contributed by atoms with E-state index in [0.29, 0.717) is 29.5 Å². The lowest BCUT2D eigenvalue weighted by Gasteiger charge is -2.30. The highest BCUT2D eigenvalue weighted by atomic mass is 16.5. The van der Waals surface area contributed by atoms with Crippen molar-refractivity contribution in [1.29, 1.82) is 0 Å². The molecule has 3 rings (SSSR count). The van der Waals surface area contributed by atoms with Gasteiger partial charge in [0.15, 0.2) is 6.04 Å². The molecule has 0 radical (unpaired) electrons. The van der Waals surface area contributed by atoms with Gasteiger partial charge in [0, 0.05) is 79.6 Å². The molecule has 0 unspecified atom stereocenters. The van der Waals surface area contributed by atoms with E-state index < -0.39 is 59.9 Å². The third kappa shape index (κ3) is 13.5. The largest absolute Gasteiger partial charge is 0.830 e. The zero-order valence-corrected chi connectivity index (χ0v) is 33.0. The van der Waals surface area contributed by atoms with Crippen LogP contribution in [0.5, 0.6) is 0 Å². The molecule has 17 nitrogen and oxygen atoms in total. The standard InChI is InChI=1S/C39H59N8O9/c1-4-5-6-7-10-24(40)23-42-20-17-28(41)35(51)45-29(36(52)43-21-18-30(39(55)56)44-32(48)13-9-14-33(49)50)19-22-47-37(53)26-12-8-11-25-31(46(2)3)16-15-27(34(25)26)38(47)54/h8,11-12,15-16,24,28-30,39,42,55H,4-7,9-10,13-14,17-23,40-41H2,1-3H3,(H,43,52)(H,44,48)(H,45,51)(H,49,50)/q-1/p+2/t24-,28-,29+,30+,39-/m0/s1. The minimum atomic E-state index is -2.23. The van der Waals surface area contributed by atoms with E-state index in [0.717, 1.165) is 35.4 Å². The molecule has 5 atom stereocenters. The molecular weight excluding hydrogens is 724 g/mol. The Morgan fingerprint density at radius 2 is 1.61 bits per heavy atom. The summed E-state index contributed by atoms with van der Waals surface area (Å²) in [6, 6.07) is 5.78. The molecule has 0 saturated heterocycles. The van der Waals surface area contributed by atoms with Gasteiger partial charge in [0.05, 0.1) is 13.0 Å². The minimum absolute atomic E-state index is 0.0192. The van der Waals surface area contributed by atoms with Gasteiger partial charge in [-0.2, -0.15) is 0 Å². The van der Waals surface area contributed by atoms with Gasteiger partial charge in [0.1, 0.15) is 18.6 Å². The van der Waals surface area contributed by atoms with Crippen LogP contribution >= 0.6 is 0 Å². The number of amides is 5. The molecule has 2 aromatic rings. The minimum Gasteiger partial charge on any atom is -0.830 e. The lowest BCUT2D eigenvalue weighted by molar-refractivity contribution is -0.683. The van der Waals surface area contributed by atoms with Crippen LogP contribution in [0.25, 0.3) is 10.8 Å². The van der Waals surface area contributed by atoms with Gasteiger partial charge >= 0.3 is 0 Å². The molecule has 0 fully saturated rings. The number of hydrogen-bond acceptors (Lipinski definition) is 10. The summed E-state index contributed by atoms with van der Waals surface area (Å²) in [6.45, 7) is 3.21. The Balaban J connectivity index is 1.69. The Kier molecular flexibility index (Phi) is 18.6. The van der Waals surface area contributed by atoms with Gasteiger partial charge < -0.3 is 57.7 Å². The van der Waals surface area contributed by atoms with Crippen molar-refractivity contribution in [2.45, 2.75) is 108 Å². The van der Waals surface area contributed by atoms with Gasteiger partial charge in [-0.3, -0.25) is 28.9 Å². The van der Waals surface area contributed by atoms with Crippen LogP contribution in [-0.4, -0.2) is 116 Å². The molecule has 56 heavy (non-hydrogen) atoms. The molecule has 0 aromatic heterocycles. The molecule has 12 N–H and O–H groups in total. The normalized spacial score (nSPS) is 15.2. The number of aliphatic hydroxyl groups is 1. The molecule has 0 bridgehead atoms. The number of carboxylic acid groups (broad SMARTS) is 1. The summed E-state index contributed by atoms with van der Waals surface area (Å²) in [7, 11) is 3.74. The smallest absolute Gasteiger partial charge is 0.279 e. The van der Waals surface area contributed by atoms with Crippen LogP contribution in [0.15, 0.2) is 30.3 Å². The Hall–Kier alpha value is -4.68. The average molecular weight is 786 g/mol. The molecule has 1 aliphatic heterocycles. The number of carboxylic acids is 1. The van der Waals surface area contributed by atoms with Crippen LogP contribution in [-0.2, 0) is 19.2 Å². The summed E-state index contributed by atoms with van der Waals surface area (Å²) in [5, 5.41) is 43.4. The van der Waals surface area contributed by atoms with Crippen LogP contribution in [0, 0.1) is 0 Å². The van der Waals surface area contributed by atoms with Gasteiger partial charge in [-0.25, -0.2) is 0 Å². The molecule has 1 heterocycles. The maximum Gasteiger partial charge on any atom is 0.279 e. The van der Waals surface area contributed by atoms with Crippen molar-refractivity contribution in [2.24, 2.45) is 0 Å². The van der Waals surface area contributed by atoms with E-state index >= 15 is 0 Å². The van der Waals surface area contributed by atoms with Gasteiger partial charge in [-0.15, -0.1) is 0 Å². The lowest BCUT2D eigenvalue weighted by atomic mass is 9.92. The second kappa shape index (κ2) is 22.8. The Labute approximate surface area is 327 Å². The maximum atomic E-state index is 13.8. The average Bonchev–Trinajstić information content (AvgIpc) is 3.15. The van der Waals surface area contributed by atoms with Crippen LogP contribution in [0.1, 0.15) is 98.3 Å². The van der Waals surface area contributed by atoms with Crippen molar-refractivity contribution in [3.05, 3.63) is 41.5 Å². The number of rotatable bonds is 26. The number of carbonyl (C=O) groups excluding carboxylic acids is 6. The fourth-order valence-corrected chi connectivity index (χ4v) is 6.75. The van der Waals surface area contributed by atoms with Crippen molar-refractivity contribution in [1.82, 2.24) is 20.9 Å². The van der Waals surface area contributed by atoms with Crippen molar-refractivity contribution in [3.8, 4) is 0 Å². The molecule has 0 aliphatic carbocycles. The highest BCUT2D eigenvalue weighted by molar-refractivity contribution is 6.26. The Morgan fingerprint density at radius 1 is 0.893 bits per heavy atom. The predicted octanol–water partition coefficient (Wildman–Crippen LogP) is -3.89. The van der Waals surface area contributed by atoms with E-state index in [1.165, 1.54) is 19.3 Å². The van der Waals surface area contributed by atoms with Crippen molar-refractivity contribution < 1.29 is 60.9 Å². The highest BCUT2D eigenvalue weighted by Crippen LogP contribution is 2.35. The highest BCUT2D eigenvalue weighted by Gasteiger charge is 2.35. The molecule has 5 amide bonds. The van der Waals surface area contributed by atoms with E-state index in [9.17, 15) is 44.1 Å². The third-order valence-electron chi connectivity index (χ3n) is 10.0. The molecule has 17 heteroatoms. The van der Waals surface area contributed by atoms with E-state index in [4.69, 9.17) is 0 Å². The summed E-state index contributed by atoms with van der Waals surface area (Å²) in [5.74, 6) is -4.20. The quantitative estimate of drug-likeness (QED) is 0.0277. The van der Waals surface area contributed by atoms with Crippen molar-refractivity contribution in [2.75, 3.05) is 45.2 Å². The Bertz CT molecular complexity index is 1650. The number of aliphatic hydroxyl groups excluding tert-OH is 1. The number of anilines is 1. The number of nitrogens with zero attached hydrogens (tertiary/aromatic N) is 2. The summed E-state index contributed by atoms with van der Waals surface area (Å²) in [6.07, 6.45) is 3.03. The first-order valence-corrected chi connectivity index (χ1v) is 19.6. The zero-order valence-electron chi connectivity index (χ0n) is 33.0. The fourth-order valence-electron chi connectivity index (χ4n) is 6.75. The molecule has 0 spiro atoms. The number of unbranched alkanes of at least 4 members (excludes halogenated alkanes) is 3. The van der Waals surface area contributed by atoms with Gasteiger partial charge in [0.25, 0.3) is 17.7 Å². The van der Waals surface area contributed by atoms with E-state index in [2.05, 4.69) is 39.7 Å². The second-order valence-corrected chi connectivity index (χ2v) is 14.8. The number of carbonyl (C=O) groups is 6. The molecular formula is C39H61N8O9+. The SMILES string of the molecule is CCCCCC[C@H]([NH3+])C[NH2+]CC[C@H]([NH3+])C(=O)N[C@H](CCN1C(=O)c2cccc3c(N(C)C)ccc(c23)C1=O)C(=O)NCC[C@@H](NC(=O)CCCC(=O)[O-])[C@H]([O-])O. The van der Waals surface area contributed by atoms with Crippen LogP contribution < -0.4 is 47.8 Å². The van der Waals surface area contributed by atoms with Crippen molar-refractivity contribution in [3.63, 3.8) is 0 Å². The van der Waals surface area contributed by atoms with Gasteiger partial charge in [0.2, 0.25) is 11.8 Å². The number of nitrogens with two attached hydrogens (primary N) is 1. The number of aliphatic carboxylic acids is 1. The molecule has 0 saturated carbocycles. The number of hydrogen-bond donors (Lipinski definition) is 7. The monoisotopic (exact) mass is 785 g/mol. The summed E-state index contributed by atoms with van der Waals surface area (Å²) in [5.41, 5.74) is 9.76. The molecule has 2 aromatic carbocycles. The first kappa shape index (κ1) is 45.7. The summed E-state index contributed by atoms with van der Waals surface area (Å²) >= 11 is 0. The number of imide groups is 1. The lowest BCUT2D eigenvalue weighted by Crippen LogP contribution is -2.91. The van der Waals surface area contributed by atoms with Gasteiger partial charge in [-0.1, -0.05) is 38.3 Å². The van der Waals surface area contributed by atoms with Gasteiger partial charge in [-0.05, 0) is 56.6 Å². The van der Waals surface area contributed by atoms with E-state index in [1.54, 1.807) is 18.2 Å². The summed E-state index contributed by atoms with van der Waals surface area (Å²) < 4.78 is 0. The topological polar surface area (TPSA) is 283 Å². The summed E-state index contributed by atoms with van der Waals surface area (Å²) in [4.78, 5) is 80.3. The molecule has 1 aliphatic rings. The van der Waals surface area contributed by atoms with Crippen LogP contribution in [0.3, 0.4) is 0 Å². The van der Waals surface area contributed by atoms with Crippen molar-refractivity contribution >= 4 is 52.0 Å². The first-order valence-electron chi connectivity index (χ1n) is 19.6. The number of benzene rings is 2. The van der Waals surface area contributed by atoms with Crippen LogP contribution in [0.4, 0.5) is 5.69 Å². The number of quaternary nitrogens is 3. The van der Waals surface area contributed by atoms with E-state index in [1.807, 2.05) is 31.1 Å². The second-order valence-electron chi connectivity index (χ2n) is 14.8. The van der Waals surface area contributed by atoms with Crippen LogP contribution in [0.2, 0.25) is 0 Å². The third-order valence-corrected chi connectivity index (χ3v) is 10.0. The number of nitrogens with one attached hydrogen (secondary N) is 3. The Morgan fingerprint density at radius 3 is 2.27 bits per heavy atom.